The highest BCUT2D eigenvalue weighted by atomic mass is 35.5. The van der Waals surface area contributed by atoms with Gasteiger partial charge in [0.15, 0.2) is 0 Å². The molecule has 2 aromatic rings. The molecule has 0 bridgehead atoms. The first-order valence-corrected chi connectivity index (χ1v) is 23.8. The molecular formula is C48H81ClF4N8O4. The Bertz CT molecular complexity index is 1840. The maximum atomic E-state index is 14.3. The van der Waals surface area contributed by atoms with Gasteiger partial charge in [0, 0.05) is 82.0 Å². The average Bonchev–Trinajstić information content (AvgIpc) is 3.90. The standard InChI is InChI=1S/C26H42F2N4O3.C21H34F2N4O.CH4.ClH/c1-24(2,3)35-23(33)31(5)13-12-30(4)16-20-22(21-15-26(27,28)17-32(21)29-20)19-7-10-25(11-8-19)9-6-14-34-18-25;1-24-9-10-26(2)13-17-19(18-12-21(22,23)14-27(18)25-17)16-4-7-20(8-5-16)6-3-11-28-15-20;;/h19H,6-18H2,1-5H3;16,24H,3-15H2,1-2H3;1H4;1H. The van der Waals surface area contributed by atoms with Crippen LogP contribution in [0.2, 0.25) is 0 Å². The van der Waals surface area contributed by atoms with Gasteiger partial charge in [-0.2, -0.15) is 10.2 Å². The molecule has 65 heavy (non-hydrogen) atoms. The fourth-order valence-corrected chi connectivity index (χ4v) is 11.4. The summed E-state index contributed by atoms with van der Waals surface area (Å²) in [6, 6.07) is 0. The Labute approximate surface area is 392 Å². The number of aromatic nitrogens is 4. The first kappa shape index (κ1) is 53.5. The maximum Gasteiger partial charge on any atom is 0.410 e. The molecule has 4 aliphatic heterocycles. The van der Waals surface area contributed by atoms with E-state index in [9.17, 15) is 22.4 Å². The van der Waals surface area contributed by atoms with Crippen LogP contribution >= 0.6 is 12.4 Å². The molecule has 0 atom stereocenters. The maximum absolute atomic E-state index is 14.3. The highest BCUT2D eigenvalue weighted by molar-refractivity contribution is 5.85. The van der Waals surface area contributed by atoms with Crippen LogP contribution in [0.3, 0.4) is 0 Å². The summed E-state index contributed by atoms with van der Waals surface area (Å²) in [7, 11) is 7.74. The second kappa shape index (κ2) is 21.9. The Morgan fingerprint density at radius 2 is 1.17 bits per heavy atom. The first-order chi connectivity index (χ1) is 29.8. The molecule has 4 fully saturated rings. The van der Waals surface area contributed by atoms with Gasteiger partial charge in [-0.1, -0.05) is 7.43 Å². The molecule has 2 saturated carbocycles. The van der Waals surface area contributed by atoms with Gasteiger partial charge in [0.1, 0.15) is 18.7 Å². The van der Waals surface area contributed by atoms with E-state index < -0.39 is 17.4 Å². The fraction of sp³-hybridized carbons (Fsp3) is 0.854. The SMILES string of the molecule is C.CN(CCN(C)C(=O)OC(C)(C)C)Cc1nn2c(c1C1CCC3(CCCOC3)CC1)CC(F)(F)C2.CNCCN(C)Cc1nn2c(c1C1CCC3(CCCOC3)CC1)CC(F)(F)C2.Cl. The number of nitrogens with one attached hydrogen (secondary N) is 1. The summed E-state index contributed by atoms with van der Waals surface area (Å²) >= 11 is 0. The van der Waals surface area contributed by atoms with Crippen molar-refractivity contribution in [3.8, 4) is 0 Å². The third-order valence-electron chi connectivity index (χ3n) is 14.8. The second-order valence-electron chi connectivity index (χ2n) is 21.3. The van der Waals surface area contributed by atoms with E-state index >= 15 is 0 Å². The van der Waals surface area contributed by atoms with E-state index in [4.69, 9.17) is 14.2 Å². The van der Waals surface area contributed by atoms with Crippen LogP contribution in [0.25, 0.3) is 0 Å². The lowest BCUT2D eigenvalue weighted by molar-refractivity contribution is -0.0309. The Morgan fingerprint density at radius 3 is 1.55 bits per heavy atom. The number of rotatable bonds is 12. The lowest BCUT2D eigenvalue weighted by Crippen LogP contribution is -2.38. The number of hydrogen-bond donors (Lipinski definition) is 1. The van der Waals surface area contributed by atoms with Crippen LogP contribution < -0.4 is 5.32 Å². The van der Waals surface area contributed by atoms with Gasteiger partial charge >= 0.3 is 6.09 Å². The normalized spacial score (nSPS) is 26.8. The fourth-order valence-electron chi connectivity index (χ4n) is 11.4. The van der Waals surface area contributed by atoms with Gasteiger partial charge in [0.2, 0.25) is 0 Å². The number of fused-ring (bicyclic) bond motifs is 2. The molecule has 8 rings (SSSR count). The molecule has 12 nitrogen and oxygen atoms in total. The van der Waals surface area contributed by atoms with Crippen LogP contribution in [0.4, 0.5) is 22.4 Å². The number of likely N-dealkylation sites (N-methyl/N-ethyl adjacent to an activating group) is 4. The minimum absolute atomic E-state index is 0. The van der Waals surface area contributed by atoms with Crippen molar-refractivity contribution in [3.63, 3.8) is 0 Å². The van der Waals surface area contributed by atoms with Crippen molar-refractivity contribution in [2.75, 3.05) is 80.8 Å². The topological polar surface area (TPSA) is 102 Å². The lowest BCUT2D eigenvalue weighted by Gasteiger charge is -2.42. The number of carbonyl (C=O) groups excluding carboxylic acids is 1. The summed E-state index contributed by atoms with van der Waals surface area (Å²) in [6.45, 7) is 12.7. The number of hydrogen-bond acceptors (Lipinski definition) is 9. The van der Waals surface area contributed by atoms with E-state index in [1.165, 1.54) is 12.8 Å². The van der Waals surface area contributed by atoms with Crippen molar-refractivity contribution in [1.29, 1.82) is 0 Å². The molecule has 6 heterocycles. The number of ether oxygens (including phenoxy) is 3. The third kappa shape index (κ3) is 13.4. The minimum Gasteiger partial charge on any atom is -0.444 e. The summed E-state index contributed by atoms with van der Waals surface area (Å²) < 4.78 is 76.8. The molecule has 2 spiro atoms. The summed E-state index contributed by atoms with van der Waals surface area (Å²) in [5.41, 5.74) is 5.72. The third-order valence-corrected chi connectivity index (χ3v) is 14.8. The van der Waals surface area contributed by atoms with Crippen molar-refractivity contribution >= 4 is 18.5 Å². The number of amides is 1. The van der Waals surface area contributed by atoms with Gasteiger partial charge in [-0.25, -0.2) is 22.4 Å². The van der Waals surface area contributed by atoms with Crippen LogP contribution in [-0.4, -0.2) is 139 Å². The molecule has 1 N–H and O–H groups in total. The zero-order valence-electron chi connectivity index (χ0n) is 39.7. The first-order valence-electron chi connectivity index (χ1n) is 23.8. The number of nitrogens with zero attached hydrogens (tertiary/aromatic N) is 7. The van der Waals surface area contributed by atoms with E-state index in [0.717, 1.165) is 144 Å². The van der Waals surface area contributed by atoms with Gasteiger partial charge in [-0.05, 0) is 142 Å². The van der Waals surface area contributed by atoms with Gasteiger partial charge in [-0.3, -0.25) is 19.2 Å². The molecule has 0 radical (unpaired) electrons. The van der Waals surface area contributed by atoms with Gasteiger partial charge < -0.3 is 24.4 Å². The van der Waals surface area contributed by atoms with Crippen LogP contribution in [0.1, 0.15) is 151 Å². The molecule has 0 unspecified atom stereocenters. The number of halogens is 5. The Morgan fingerprint density at radius 1 is 0.738 bits per heavy atom. The van der Waals surface area contributed by atoms with E-state index in [1.807, 2.05) is 34.9 Å². The molecule has 17 heteroatoms. The molecule has 2 aromatic heterocycles. The molecule has 0 aromatic carbocycles. The molecular weight excluding hydrogens is 864 g/mol. The van der Waals surface area contributed by atoms with Crippen LogP contribution in [0, 0.1) is 10.8 Å². The summed E-state index contributed by atoms with van der Waals surface area (Å²) in [5, 5.41) is 12.5. The summed E-state index contributed by atoms with van der Waals surface area (Å²) in [5.74, 6) is -4.74. The van der Waals surface area contributed by atoms with Gasteiger partial charge in [0.25, 0.3) is 11.8 Å². The summed E-state index contributed by atoms with van der Waals surface area (Å²) in [4.78, 5) is 18.2. The van der Waals surface area contributed by atoms with Crippen LogP contribution in [0.15, 0.2) is 0 Å². The number of carbonyl (C=O) groups is 1. The molecule has 372 valence electrons. The van der Waals surface area contributed by atoms with E-state index in [-0.39, 0.29) is 63.2 Å². The monoisotopic (exact) mass is 945 g/mol. The zero-order valence-corrected chi connectivity index (χ0v) is 40.5. The number of alkyl halides is 4. The van der Waals surface area contributed by atoms with E-state index in [0.29, 0.717) is 31.0 Å². The molecule has 1 amide bonds. The Hall–Kier alpha value is -2.50. The predicted molar refractivity (Wildman–Crippen MR) is 249 cm³/mol. The summed E-state index contributed by atoms with van der Waals surface area (Å²) in [6.07, 6.45) is 12.6. The molecule has 6 aliphatic rings. The Kier molecular flexibility index (Phi) is 18.0. The average molecular weight is 946 g/mol. The van der Waals surface area contributed by atoms with Crippen molar-refractivity contribution in [1.82, 2.24) is 39.6 Å². The lowest BCUT2D eigenvalue weighted by atomic mass is 9.66. The van der Waals surface area contributed by atoms with Crippen molar-refractivity contribution < 1.29 is 36.6 Å². The second-order valence-corrected chi connectivity index (χ2v) is 21.3. The highest BCUT2D eigenvalue weighted by Crippen LogP contribution is 2.51. The van der Waals surface area contributed by atoms with E-state index in [1.54, 1.807) is 21.3 Å². The molecule has 2 aliphatic carbocycles. The molecule has 2 saturated heterocycles. The predicted octanol–water partition coefficient (Wildman–Crippen LogP) is 9.07. The van der Waals surface area contributed by atoms with Crippen LogP contribution in [0.5, 0.6) is 0 Å². The van der Waals surface area contributed by atoms with Crippen molar-refractivity contribution in [2.45, 2.75) is 174 Å². The van der Waals surface area contributed by atoms with Gasteiger partial charge in [-0.15, -0.1) is 12.4 Å². The van der Waals surface area contributed by atoms with E-state index in [2.05, 4.69) is 32.4 Å². The quantitative estimate of drug-likeness (QED) is 0.209. The van der Waals surface area contributed by atoms with Gasteiger partial charge in [0.05, 0.1) is 37.4 Å². The van der Waals surface area contributed by atoms with Crippen molar-refractivity contribution in [2.24, 2.45) is 10.8 Å². The minimum atomic E-state index is -2.72. The highest BCUT2D eigenvalue weighted by Gasteiger charge is 2.46. The smallest absolute Gasteiger partial charge is 0.410 e. The zero-order chi connectivity index (χ0) is 45.2. The van der Waals surface area contributed by atoms with Crippen LogP contribution in [-0.2, 0) is 53.2 Å². The largest absolute Gasteiger partial charge is 0.444 e. The van der Waals surface area contributed by atoms with Crippen molar-refractivity contribution in [3.05, 3.63) is 33.9 Å². The Balaban J connectivity index is 0.000000242.